The van der Waals surface area contributed by atoms with Gasteiger partial charge in [-0.15, -0.1) is 0 Å². The van der Waals surface area contributed by atoms with Crippen molar-refractivity contribution in [2.75, 3.05) is 6.54 Å². The molecule has 1 heterocycles. The Kier molecular flexibility index (Phi) is 4.39. The van der Waals surface area contributed by atoms with E-state index in [1.54, 1.807) is 6.92 Å². The number of hydrogen-bond donors (Lipinski definition) is 1. The molecule has 1 aromatic carbocycles. The Hall–Kier alpha value is -2.61. The molecule has 1 aliphatic rings. The van der Waals surface area contributed by atoms with E-state index in [0.29, 0.717) is 11.3 Å². The van der Waals surface area contributed by atoms with Crippen LogP contribution >= 0.6 is 0 Å². The van der Waals surface area contributed by atoms with E-state index in [-0.39, 0.29) is 31.2 Å². The lowest BCUT2D eigenvalue weighted by Gasteiger charge is -2.32. The van der Waals surface area contributed by atoms with Crippen molar-refractivity contribution in [2.45, 2.75) is 25.7 Å². The maximum atomic E-state index is 12.3. The van der Waals surface area contributed by atoms with Crippen molar-refractivity contribution < 1.29 is 14.7 Å². The summed E-state index contributed by atoms with van der Waals surface area (Å²) in [4.78, 5) is 24.3. The van der Waals surface area contributed by atoms with Gasteiger partial charge >= 0.3 is 5.97 Å². The summed E-state index contributed by atoms with van der Waals surface area (Å²) in [6.07, 6.45) is 0.0711. The second-order valence-electron chi connectivity index (χ2n) is 4.97. The highest BCUT2D eigenvalue weighted by atomic mass is 16.4. The number of carbonyl (C=O) groups is 2. The molecule has 1 N–H and O–H groups in total. The highest BCUT2D eigenvalue weighted by molar-refractivity contribution is 5.82. The molecule has 1 atom stereocenters. The molecular weight excluding hydrogens is 268 g/mol. The van der Waals surface area contributed by atoms with Crippen molar-refractivity contribution in [3.8, 4) is 6.07 Å². The fraction of sp³-hybridized carbons (Fsp3) is 0.312. The molecule has 1 aromatic rings. The molecule has 0 radical (unpaired) electrons. The van der Waals surface area contributed by atoms with E-state index < -0.39 is 5.97 Å². The average Bonchev–Trinajstić information content (AvgIpc) is 2.47. The molecular formula is C16H16N2O3. The zero-order valence-electron chi connectivity index (χ0n) is 11.7. The smallest absolute Gasteiger partial charge is 0.305 e. The van der Waals surface area contributed by atoms with Crippen molar-refractivity contribution in [2.24, 2.45) is 0 Å². The van der Waals surface area contributed by atoms with Crippen LogP contribution in [0, 0.1) is 11.3 Å². The average molecular weight is 284 g/mol. The highest BCUT2D eigenvalue weighted by Gasteiger charge is 2.32. The van der Waals surface area contributed by atoms with Crippen molar-refractivity contribution >= 4 is 11.9 Å². The molecule has 0 saturated carbocycles. The van der Waals surface area contributed by atoms with Gasteiger partial charge in [0.25, 0.3) is 0 Å². The Morgan fingerprint density at radius 1 is 1.43 bits per heavy atom. The van der Waals surface area contributed by atoms with Gasteiger partial charge in [-0.3, -0.25) is 9.59 Å². The Bertz CT molecular complexity index is 629. The minimum Gasteiger partial charge on any atom is -0.481 e. The third-order valence-electron chi connectivity index (χ3n) is 3.69. The van der Waals surface area contributed by atoms with Crippen LogP contribution in [0.3, 0.4) is 0 Å². The first-order chi connectivity index (χ1) is 10.0. The van der Waals surface area contributed by atoms with Gasteiger partial charge in [0.15, 0.2) is 0 Å². The lowest BCUT2D eigenvalue weighted by Crippen LogP contribution is -2.37. The summed E-state index contributed by atoms with van der Waals surface area (Å²) >= 11 is 0. The van der Waals surface area contributed by atoms with E-state index in [2.05, 4.69) is 6.07 Å². The fourth-order valence-electron chi connectivity index (χ4n) is 2.60. The number of carboxylic acid groups (broad SMARTS) is 1. The molecule has 0 saturated heterocycles. The van der Waals surface area contributed by atoms with E-state index in [9.17, 15) is 14.9 Å². The standard InChI is InChI=1S/C16H16N2O3/c1-11-14(10-17)13(12-5-3-2-4-6-12)9-15(19)18(11)8-7-16(20)21/h2-6,13H,7-9H2,1H3,(H,20,21). The molecule has 5 nitrogen and oxygen atoms in total. The van der Waals surface area contributed by atoms with Gasteiger partial charge < -0.3 is 10.0 Å². The molecule has 0 aromatic heterocycles. The van der Waals surface area contributed by atoms with Gasteiger partial charge in [0.2, 0.25) is 5.91 Å². The third kappa shape index (κ3) is 3.11. The van der Waals surface area contributed by atoms with E-state index in [1.807, 2.05) is 30.3 Å². The van der Waals surface area contributed by atoms with Gasteiger partial charge in [0.05, 0.1) is 18.1 Å². The van der Waals surface area contributed by atoms with Gasteiger partial charge in [-0.2, -0.15) is 5.26 Å². The maximum Gasteiger partial charge on any atom is 0.305 e. The molecule has 0 spiro atoms. The fourth-order valence-corrected chi connectivity index (χ4v) is 2.60. The van der Waals surface area contributed by atoms with Crippen LogP contribution in [0.15, 0.2) is 41.6 Å². The Balaban J connectivity index is 2.34. The first-order valence-electron chi connectivity index (χ1n) is 6.72. The number of carbonyl (C=O) groups excluding carboxylic acids is 1. The summed E-state index contributed by atoms with van der Waals surface area (Å²) in [7, 11) is 0. The molecule has 0 fully saturated rings. The monoisotopic (exact) mass is 284 g/mol. The quantitative estimate of drug-likeness (QED) is 0.919. The van der Waals surface area contributed by atoms with Crippen LogP contribution in [0.1, 0.15) is 31.2 Å². The first-order valence-corrected chi connectivity index (χ1v) is 6.72. The molecule has 1 unspecified atom stereocenters. The summed E-state index contributed by atoms with van der Waals surface area (Å²) in [6, 6.07) is 11.6. The van der Waals surface area contributed by atoms with E-state index >= 15 is 0 Å². The molecule has 1 amide bonds. The second kappa shape index (κ2) is 6.23. The summed E-state index contributed by atoms with van der Waals surface area (Å²) in [6.45, 7) is 1.81. The number of rotatable bonds is 4. The minimum absolute atomic E-state index is 0.104. The number of carboxylic acids is 1. The summed E-state index contributed by atoms with van der Waals surface area (Å²) in [5, 5.41) is 18.2. The second-order valence-corrected chi connectivity index (χ2v) is 4.97. The van der Waals surface area contributed by atoms with Crippen molar-refractivity contribution in [1.29, 1.82) is 5.26 Å². The van der Waals surface area contributed by atoms with E-state index in [0.717, 1.165) is 5.56 Å². The lowest BCUT2D eigenvalue weighted by atomic mass is 9.84. The SMILES string of the molecule is CC1=C(C#N)C(c2ccccc2)CC(=O)N1CCC(=O)O. The maximum absolute atomic E-state index is 12.3. The largest absolute Gasteiger partial charge is 0.481 e. The number of allylic oxidation sites excluding steroid dienone is 2. The molecule has 1 aliphatic heterocycles. The van der Waals surface area contributed by atoms with Crippen LogP contribution in [0.4, 0.5) is 0 Å². The minimum atomic E-state index is -0.959. The lowest BCUT2D eigenvalue weighted by molar-refractivity contribution is -0.138. The summed E-state index contributed by atoms with van der Waals surface area (Å²) < 4.78 is 0. The van der Waals surface area contributed by atoms with Crippen LogP contribution in [0.25, 0.3) is 0 Å². The van der Waals surface area contributed by atoms with Gasteiger partial charge in [0, 0.05) is 24.6 Å². The third-order valence-corrected chi connectivity index (χ3v) is 3.69. The van der Waals surface area contributed by atoms with Gasteiger partial charge in [-0.05, 0) is 12.5 Å². The number of nitriles is 1. The predicted octanol–water partition coefficient (Wildman–Crippen LogP) is 2.27. The molecule has 0 aliphatic carbocycles. The van der Waals surface area contributed by atoms with Crippen LogP contribution in [0.2, 0.25) is 0 Å². The Morgan fingerprint density at radius 2 is 2.10 bits per heavy atom. The number of hydrogen-bond acceptors (Lipinski definition) is 3. The van der Waals surface area contributed by atoms with Crippen molar-refractivity contribution in [3.05, 3.63) is 47.2 Å². The van der Waals surface area contributed by atoms with E-state index in [4.69, 9.17) is 5.11 Å². The van der Waals surface area contributed by atoms with E-state index in [1.165, 1.54) is 4.90 Å². The first kappa shape index (κ1) is 14.8. The topological polar surface area (TPSA) is 81.4 Å². The van der Waals surface area contributed by atoms with Crippen LogP contribution in [0.5, 0.6) is 0 Å². The number of aliphatic carboxylic acids is 1. The molecule has 5 heteroatoms. The Labute approximate surface area is 123 Å². The zero-order valence-corrected chi connectivity index (χ0v) is 11.7. The predicted molar refractivity (Wildman–Crippen MR) is 76.1 cm³/mol. The number of amides is 1. The van der Waals surface area contributed by atoms with Gasteiger partial charge in [0.1, 0.15) is 0 Å². The van der Waals surface area contributed by atoms with Crippen LogP contribution < -0.4 is 0 Å². The normalized spacial score (nSPS) is 18.6. The molecule has 0 bridgehead atoms. The molecule has 2 rings (SSSR count). The summed E-state index contributed by atoms with van der Waals surface area (Å²) in [5.74, 6) is -1.34. The number of nitrogens with zero attached hydrogens (tertiary/aromatic N) is 2. The van der Waals surface area contributed by atoms with Gasteiger partial charge in [-0.1, -0.05) is 30.3 Å². The van der Waals surface area contributed by atoms with Crippen LogP contribution in [-0.2, 0) is 9.59 Å². The van der Waals surface area contributed by atoms with Gasteiger partial charge in [-0.25, -0.2) is 0 Å². The van der Waals surface area contributed by atoms with Crippen molar-refractivity contribution in [3.63, 3.8) is 0 Å². The zero-order chi connectivity index (χ0) is 15.4. The Morgan fingerprint density at radius 3 is 2.67 bits per heavy atom. The molecule has 21 heavy (non-hydrogen) atoms. The van der Waals surface area contributed by atoms with Crippen molar-refractivity contribution in [1.82, 2.24) is 4.90 Å². The van der Waals surface area contributed by atoms with Crippen LogP contribution in [-0.4, -0.2) is 28.4 Å². The number of benzene rings is 1. The summed E-state index contributed by atoms with van der Waals surface area (Å²) in [5.41, 5.74) is 2.02. The highest BCUT2D eigenvalue weighted by Crippen LogP contribution is 2.35. The molecule has 108 valence electrons.